The van der Waals surface area contributed by atoms with Gasteiger partial charge in [0, 0.05) is 6.04 Å². The molecule has 0 aromatic rings. The highest BCUT2D eigenvalue weighted by Gasteiger charge is 2.16. The van der Waals surface area contributed by atoms with Gasteiger partial charge in [0.2, 0.25) is 10.0 Å². The van der Waals surface area contributed by atoms with E-state index in [1.165, 1.54) is 0 Å². The van der Waals surface area contributed by atoms with Gasteiger partial charge in [0.15, 0.2) is 0 Å². The van der Waals surface area contributed by atoms with E-state index in [2.05, 4.69) is 20.7 Å². The van der Waals surface area contributed by atoms with Crippen LogP contribution in [0.4, 0.5) is 0 Å². The van der Waals surface area contributed by atoms with Crippen LogP contribution in [0, 0.1) is 0 Å². The first-order valence-electron chi connectivity index (χ1n) is 3.35. The van der Waals surface area contributed by atoms with Crippen molar-refractivity contribution in [2.75, 3.05) is 4.66 Å². The monoisotopic (exact) mass is 239 g/mol. The van der Waals surface area contributed by atoms with Crippen LogP contribution in [0.5, 0.6) is 0 Å². The summed E-state index contributed by atoms with van der Waals surface area (Å²) < 4.78 is 24.5. The van der Waals surface area contributed by atoms with Gasteiger partial charge in [-0.2, -0.15) is 0 Å². The molecule has 0 spiro atoms. The second kappa shape index (κ2) is 3.69. The minimum absolute atomic E-state index is 0.0174. The quantitative estimate of drug-likeness (QED) is 0.590. The van der Waals surface area contributed by atoms with E-state index in [9.17, 15) is 8.42 Å². The average molecular weight is 240 g/mol. The van der Waals surface area contributed by atoms with Crippen molar-refractivity contribution >= 4 is 26.0 Å². The largest absolute Gasteiger partial charge is 0.221 e. The Morgan fingerprint density at radius 2 is 2.00 bits per heavy atom. The van der Waals surface area contributed by atoms with Gasteiger partial charge in [-0.05, 0) is 12.8 Å². The molecule has 0 fully saturated rings. The Morgan fingerprint density at radius 1 is 1.45 bits per heavy atom. The van der Waals surface area contributed by atoms with Crippen molar-refractivity contribution < 1.29 is 8.42 Å². The summed E-state index contributed by atoms with van der Waals surface area (Å²) in [6.07, 6.45) is 5.60. The topological polar surface area (TPSA) is 46.2 Å². The molecule has 0 radical (unpaired) electrons. The zero-order chi connectivity index (χ0) is 8.32. The molecule has 1 rings (SSSR count). The van der Waals surface area contributed by atoms with Gasteiger partial charge in [-0.15, -0.1) is 0 Å². The highest BCUT2D eigenvalue weighted by molar-refractivity contribution is 9.10. The summed E-state index contributed by atoms with van der Waals surface area (Å²) in [6.45, 7) is 0. The van der Waals surface area contributed by atoms with Gasteiger partial charge in [-0.3, -0.25) is 0 Å². The molecule has 5 heteroatoms. The lowest BCUT2D eigenvalue weighted by Gasteiger charge is -2.09. The summed E-state index contributed by atoms with van der Waals surface area (Å²) in [4.78, 5) is 0. The van der Waals surface area contributed by atoms with Crippen LogP contribution >= 0.6 is 15.9 Å². The summed E-state index contributed by atoms with van der Waals surface area (Å²) in [6, 6.07) is 0.0811. The van der Waals surface area contributed by atoms with Crippen molar-refractivity contribution in [1.82, 2.24) is 4.72 Å². The molecule has 0 bridgehead atoms. The molecule has 0 aliphatic heterocycles. The maximum Gasteiger partial charge on any atom is 0.221 e. The summed E-state index contributed by atoms with van der Waals surface area (Å²) in [5.41, 5.74) is 0. The molecule has 0 atom stereocenters. The Hall–Kier alpha value is 0.130. The highest BCUT2D eigenvalue weighted by Crippen LogP contribution is 2.10. The van der Waals surface area contributed by atoms with Gasteiger partial charge in [0.05, 0.1) is 0 Å². The molecule has 64 valence electrons. The zero-order valence-corrected chi connectivity index (χ0v) is 8.36. The Morgan fingerprint density at radius 3 is 2.45 bits per heavy atom. The van der Waals surface area contributed by atoms with Crippen LogP contribution in [0.3, 0.4) is 0 Å². The number of halogens is 1. The third-order valence-electron chi connectivity index (χ3n) is 1.50. The van der Waals surface area contributed by atoms with Gasteiger partial charge in [-0.1, -0.05) is 28.1 Å². The minimum Gasteiger partial charge on any atom is -0.212 e. The van der Waals surface area contributed by atoms with Crippen molar-refractivity contribution in [3.05, 3.63) is 12.2 Å². The van der Waals surface area contributed by atoms with Crippen LogP contribution in [0.1, 0.15) is 12.8 Å². The minimum atomic E-state index is -3.08. The molecule has 1 aliphatic rings. The molecular formula is C6H10BrNO2S. The highest BCUT2D eigenvalue weighted by atomic mass is 79.9. The Kier molecular flexibility index (Phi) is 3.09. The number of hydrogen-bond donors (Lipinski definition) is 1. The zero-order valence-electron chi connectivity index (χ0n) is 5.96. The van der Waals surface area contributed by atoms with E-state index in [0.29, 0.717) is 0 Å². The fourth-order valence-corrected chi connectivity index (χ4v) is 2.16. The van der Waals surface area contributed by atoms with Crippen LogP contribution in [0.15, 0.2) is 12.2 Å². The van der Waals surface area contributed by atoms with Crippen molar-refractivity contribution in [2.24, 2.45) is 0 Å². The first-order valence-corrected chi connectivity index (χ1v) is 6.12. The Balaban J connectivity index is 2.43. The molecule has 1 N–H and O–H groups in total. The molecule has 0 heterocycles. The Labute approximate surface area is 75.0 Å². The van der Waals surface area contributed by atoms with Gasteiger partial charge in [0.1, 0.15) is 4.66 Å². The second-order valence-corrected chi connectivity index (χ2v) is 5.54. The number of rotatable bonds is 3. The van der Waals surface area contributed by atoms with Crippen LogP contribution in [0.25, 0.3) is 0 Å². The molecule has 3 nitrogen and oxygen atoms in total. The predicted octanol–water partition coefficient (Wildman–Crippen LogP) is 0.977. The SMILES string of the molecule is O=S(=O)(CBr)NC1CC=CC1. The molecule has 0 amide bonds. The summed E-state index contributed by atoms with van der Waals surface area (Å²) in [5, 5.41) is 0. The maximum atomic E-state index is 11.0. The van der Waals surface area contributed by atoms with Gasteiger partial charge in [0.25, 0.3) is 0 Å². The van der Waals surface area contributed by atoms with Crippen molar-refractivity contribution in [1.29, 1.82) is 0 Å². The predicted molar refractivity (Wildman–Crippen MR) is 48.0 cm³/mol. The van der Waals surface area contributed by atoms with Gasteiger partial charge in [-0.25, -0.2) is 13.1 Å². The van der Waals surface area contributed by atoms with Gasteiger partial charge >= 0.3 is 0 Å². The van der Waals surface area contributed by atoms with Crippen LogP contribution in [-0.4, -0.2) is 19.1 Å². The first kappa shape index (κ1) is 9.22. The van der Waals surface area contributed by atoms with Crippen molar-refractivity contribution in [3.63, 3.8) is 0 Å². The molecule has 0 saturated carbocycles. The molecule has 0 saturated heterocycles. The summed E-state index contributed by atoms with van der Waals surface area (Å²) >= 11 is 2.91. The Bertz CT molecular complexity index is 239. The first-order chi connectivity index (χ1) is 5.14. The van der Waals surface area contributed by atoms with Crippen LogP contribution in [-0.2, 0) is 10.0 Å². The normalized spacial score (nSPS) is 19.4. The average Bonchev–Trinajstić information content (AvgIpc) is 2.39. The van der Waals surface area contributed by atoms with E-state index in [-0.39, 0.29) is 10.7 Å². The summed E-state index contributed by atoms with van der Waals surface area (Å²) in [7, 11) is -3.08. The summed E-state index contributed by atoms with van der Waals surface area (Å²) in [5.74, 6) is 0. The standard InChI is InChI=1S/C6H10BrNO2S/c7-5-11(9,10)8-6-3-1-2-4-6/h1-2,6,8H,3-5H2. The van der Waals surface area contributed by atoms with E-state index < -0.39 is 10.0 Å². The third kappa shape index (κ3) is 2.92. The third-order valence-corrected chi connectivity index (χ3v) is 4.29. The molecule has 1 aliphatic carbocycles. The molecular weight excluding hydrogens is 230 g/mol. The van der Waals surface area contributed by atoms with E-state index >= 15 is 0 Å². The van der Waals surface area contributed by atoms with E-state index in [0.717, 1.165) is 12.8 Å². The molecule has 0 unspecified atom stereocenters. The number of alkyl halides is 1. The smallest absolute Gasteiger partial charge is 0.212 e. The number of sulfonamides is 1. The molecule has 0 aromatic heterocycles. The van der Waals surface area contributed by atoms with Crippen molar-refractivity contribution in [2.45, 2.75) is 18.9 Å². The fourth-order valence-electron chi connectivity index (χ4n) is 0.999. The lowest BCUT2D eigenvalue weighted by molar-refractivity contribution is 0.562. The lowest BCUT2D eigenvalue weighted by Crippen LogP contribution is -2.33. The number of nitrogens with one attached hydrogen (secondary N) is 1. The van der Waals surface area contributed by atoms with E-state index in [1.807, 2.05) is 12.2 Å². The van der Waals surface area contributed by atoms with E-state index in [4.69, 9.17) is 0 Å². The van der Waals surface area contributed by atoms with Gasteiger partial charge < -0.3 is 0 Å². The fraction of sp³-hybridized carbons (Fsp3) is 0.667. The van der Waals surface area contributed by atoms with Crippen molar-refractivity contribution in [3.8, 4) is 0 Å². The maximum absolute atomic E-state index is 11.0. The second-order valence-electron chi connectivity index (χ2n) is 2.48. The molecule has 11 heavy (non-hydrogen) atoms. The molecule has 0 aromatic carbocycles. The van der Waals surface area contributed by atoms with E-state index in [1.54, 1.807) is 0 Å². The lowest BCUT2D eigenvalue weighted by atomic mass is 10.3. The van der Waals surface area contributed by atoms with Crippen LogP contribution in [0.2, 0.25) is 0 Å². The van der Waals surface area contributed by atoms with Crippen LogP contribution < -0.4 is 4.72 Å². The number of hydrogen-bond acceptors (Lipinski definition) is 2.